The third kappa shape index (κ3) is 3.91. The van der Waals surface area contributed by atoms with Crippen LogP contribution in [0.25, 0.3) is 0 Å². The predicted octanol–water partition coefficient (Wildman–Crippen LogP) is 2.93. The van der Waals surface area contributed by atoms with Gasteiger partial charge in [-0.2, -0.15) is 4.99 Å². The van der Waals surface area contributed by atoms with Gasteiger partial charge in [0.25, 0.3) is 5.91 Å². The fourth-order valence-corrected chi connectivity index (χ4v) is 7.68. The summed E-state index contributed by atoms with van der Waals surface area (Å²) in [6.07, 6.45) is 0. The zero-order valence-electron chi connectivity index (χ0n) is 16.9. The van der Waals surface area contributed by atoms with Crippen molar-refractivity contribution >= 4 is 38.4 Å². The Morgan fingerprint density at radius 2 is 1.87 bits per heavy atom. The number of amidine groups is 1. The molecule has 9 heteroatoms. The van der Waals surface area contributed by atoms with E-state index in [9.17, 15) is 13.2 Å². The summed E-state index contributed by atoms with van der Waals surface area (Å²) in [5.41, 5.74) is 2.26. The van der Waals surface area contributed by atoms with E-state index in [1.54, 1.807) is 18.2 Å². The SMILES string of the molecule is COc1ccc(C(=O)N=C2SC3CS(=O)(=O)CC3N2c2cccc(C)c2)cc1OC. The smallest absolute Gasteiger partial charge is 0.279 e. The molecule has 1 amide bonds. The number of hydrogen-bond donors (Lipinski definition) is 0. The summed E-state index contributed by atoms with van der Waals surface area (Å²) in [6, 6.07) is 12.4. The van der Waals surface area contributed by atoms with Crippen LogP contribution in [0.4, 0.5) is 5.69 Å². The van der Waals surface area contributed by atoms with Gasteiger partial charge >= 0.3 is 0 Å². The molecule has 2 atom stereocenters. The van der Waals surface area contributed by atoms with E-state index in [1.807, 2.05) is 36.1 Å². The highest BCUT2D eigenvalue weighted by atomic mass is 32.2. The van der Waals surface area contributed by atoms with Gasteiger partial charge in [0, 0.05) is 16.5 Å². The number of methoxy groups -OCH3 is 2. The number of anilines is 1. The summed E-state index contributed by atoms with van der Waals surface area (Å²) in [6.45, 7) is 1.97. The Hall–Kier alpha value is -2.52. The maximum Gasteiger partial charge on any atom is 0.279 e. The monoisotopic (exact) mass is 446 g/mol. The summed E-state index contributed by atoms with van der Waals surface area (Å²) < 4.78 is 34.9. The number of aliphatic imine (C=N–C) groups is 1. The van der Waals surface area contributed by atoms with Crippen LogP contribution >= 0.6 is 11.8 Å². The van der Waals surface area contributed by atoms with Crippen LogP contribution in [0.3, 0.4) is 0 Å². The standard InChI is InChI=1S/C21H22N2O5S2/c1-13-5-4-6-15(9-13)23-16-11-30(25,26)12-19(16)29-21(23)22-20(24)14-7-8-17(27-2)18(10-14)28-3/h4-10,16,19H,11-12H2,1-3H3. The first-order valence-corrected chi connectivity index (χ1v) is 12.1. The number of fused-ring (bicyclic) bond motifs is 1. The summed E-state index contributed by atoms with van der Waals surface area (Å²) in [4.78, 5) is 19.2. The highest BCUT2D eigenvalue weighted by Crippen LogP contribution is 2.41. The van der Waals surface area contributed by atoms with Gasteiger partial charge in [-0.3, -0.25) is 4.79 Å². The van der Waals surface area contributed by atoms with Crippen molar-refractivity contribution in [3.05, 3.63) is 53.6 Å². The van der Waals surface area contributed by atoms with Gasteiger partial charge in [-0.05, 0) is 42.8 Å². The van der Waals surface area contributed by atoms with Crippen molar-refractivity contribution in [3.63, 3.8) is 0 Å². The van der Waals surface area contributed by atoms with Gasteiger partial charge in [0.05, 0.1) is 31.8 Å². The lowest BCUT2D eigenvalue weighted by molar-refractivity contribution is 0.100. The Morgan fingerprint density at radius 1 is 1.10 bits per heavy atom. The number of ether oxygens (including phenoxy) is 2. The minimum absolute atomic E-state index is 0.0577. The first-order chi connectivity index (χ1) is 14.3. The lowest BCUT2D eigenvalue weighted by Crippen LogP contribution is -2.37. The number of amides is 1. The second-order valence-corrected chi connectivity index (χ2v) is 10.6. The van der Waals surface area contributed by atoms with Crippen molar-refractivity contribution in [3.8, 4) is 11.5 Å². The Bertz CT molecular complexity index is 1130. The number of aryl methyl sites for hydroxylation is 1. The minimum atomic E-state index is -3.11. The van der Waals surface area contributed by atoms with Crippen LogP contribution in [-0.4, -0.2) is 56.5 Å². The molecule has 0 bridgehead atoms. The summed E-state index contributed by atoms with van der Waals surface area (Å²) in [5, 5.41) is 0.373. The molecule has 30 heavy (non-hydrogen) atoms. The highest BCUT2D eigenvalue weighted by Gasteiger charge is 2.49. The molecule has 2 aromatic carbocycles. The fraction of sp³-hybridized carbons (Fsp3) is 0.333. The van der Waals surface area contributed by atoms with Gasteiger partial charge in [-0.15, -0.1) is 0 Å². The second kappa shape index (κ2) is 7.96. The number of nitrogens with zero attached hydrogens (tertiary/aromatic N) is 2. The molecular weight excluding hydrogens is 424 g/mol. The van der Waals surface area contributed by atoms with Gasteiger partial charge in [0.2, 0.25) is 0 Å². The molecule has 158 valence electrons. The molecule has 0 aromatic heterocycles. The summed E-state index contributed by atoms with van der Waals surface area (Å²) in [5.74, 6) is 0.703. The molecule has 2 saturated heterocycles. The Morgan fingerprint density at radius 3 is 2.57 bits per heavy atom. The van der Waals surface area contributed by atoms with Crippen molar-refractivity contribution in [2.45, 2.75) is 18.2 Å². The van der Waals surface area contributed by atoms with E-state index in [0.29, 0.717) is 22.2 Å². The lowest BCUT2D eigenvalue weighted by atomic mass is 10.1. The third-order valence-electron chi connectivity index (χ3n) is 5.17. The molecule has 2 aliphatic rings. The zero-order valence-corrected chi connectivity index (χ0v) is 18.5. The molecule has 7 nitrogen and oxygen atoms in total. The van der Waals surface area contributed by atoms with E-state index in [1.165, 1.54) is 26.0 Å². The van der Waals surface area contributed by atoms with Gasteiger partial charge in [-0.1, -0.05) is 23.9 Å². The number of thioether (sulfide) groups is 1. The molecule has 2 heterocycles. The largest absolute Gasteiger partial charge is 0.493 e. The van der Waals surface area contributed by atoms with Crippen LogP contribution in [0.1, 0.15) is 15.9 Å². The van der Waals surface area contributed by atoms with Crippen molar-refractivity contribution in [1.82, 2.24) is 0 Å². The molecule has 0 radical (unpaired) electrons. The summed E-state index contributed by atoms with van der Waals surface area (Å²) >= 11 is 1.35. The summed E-state index contributed by atoms with van der Waals surface area (Å²) in [7, 11) is -0.0752. The third-order valence-corrected chi connectivity index (χ3v) is 8.38. The normalized spacial score (nSPS) is 23.4. The molecule has 0 spiro atoms. The molecule has 2 fully saturated rings. The van der Waals surface area contributed by atoms with Crippen molar-refractivity contribution in [1.29, 1.82) is 0 Å². The van der Waals surface area contributed by atoms with Crippen LogP contribution in [0.15, 0.2) is 47.5 Å². The number of benzene rings is 2. The van der Waals surface area contributed by atoms with Crippen molar-refractivity contribution in [2.75, 3.05) is 30.6 Å². The number of carbonyl (C=O) groups excluding carboxylic acids is 1. The van der Waals surface area contributed by atoms with Crippen molar-refractivity contribution in [2.24, 2.45) is 4.99 Å². The lowest BCUT2D eigenvalue weighted by Gasteiger charge is -2.24. The minimum Gasteiger partial charge on any atom is -0.493 e. The molecule has 4 rings (SSSR count). The van der Waals surface area contributed by atoms with E-state index in [0.717, 1.165) is 11.3 Å². The predicted molar refractivity (Wildman–Crippen MR) is 119 cm³/mol. The van der Waals surface area contributed by atoms with Crippen LogP contribution in [-0.2, 0) is 9.84 Å². The van der Waals surface area contributed by atoms with Gasteiger partial charge in [0.15, 0.2) is 26.5 Å². The van der Waals surface area contributed by atoms with E-state index in [4.69, 9.17) is 9.47 Å². The Balaban J connectivity index is 1.71. The molecule has 0 saturated carbocycles. The van der Waals surface area contributed by atoms with Crippen LogP contribution < -0.4 is 14.4 Å². The number of sulfone groups is 1. The van der Waals surface area contributed by atoms with Gasteiger partial charge in [0.1, 0.15) is 0 Å². The first-order valence-electron chi connectivity index (χ1n) is 9.39. The van der Waals surface area contributed by atoms with E-state index in [-0.39, 0.29) is 22.8 Å². The maximum absolute atomic E-state index is 12.9. The van der Waals surface area contributed by atoms with E-state index in [2.05, 4.69) is 4.99 Å². The zero-order chi connectivity index (χ0) is 21.5. The fourth-order valence-electron chi connectivity index (χ4n) is 3.76. The average Bonchev–Trinajstić information content (AvgIpc) is 3.17. The van der Waals surface area contributed by atoms with E-state index >= 15 is 0 Å². The topological polar surface area (TPSA) is 85.3 Å². The Kier molecular flexibility index (Phi) is 5.50. The molecule has 2 aromatic rings. The molecule has 2 unspecified atom stereocenters. The van der Waals surface area contributed by atoms with E-state index < -0.39 is 15.7 Å². The first kappa shape index (κ1) is 20.7. The average molecular weight is 447 g/mol. The molecule has 0 N–H and O–H groups in total. The van der Waals surface area contributed by atoms with Crippen LogP contribution in [0, 0.1) is 6.92 Å². The maximum atomic E-state index is 12.9. The second-order valence-electron chi connectivity index (χ2n) is 7.28. The molecule has 2 aliphatic heterocycles. The number of rotatable bonds is 4. The molecule has 0 aliphatic carbocycles. The van der Waals surface area contributed by atoms with Gasteiger partial charge < -0.3 is 14.4 Å². The molecular formula is C21H22N2O5S2. The quantitative estimate of drug-likeness (QED) is 0.714. The van der Waals surface area contributed by atoms with Crippen LogP contribution in [0.2, 0.25) is 0 Å². The van der Waals surface area contributed by atoms with Crippen LogP contribution in [0.5, 0.6) is 11.5 Å². The highest BCUT2D eigenvalue weighted by molar-refractivity contribution is 8.16. The number of carbonyl (C=O) groups is 1. The van der Waals surface area contributed by atoms with Crippen molar-refractivity contribution < 1.29 is 22.7 Å². The number of hydrogen-bond acceptors (Lipinski definition) is 6. The Labute approximate surface area is 180 Å². The van der Waals surface area contributed by atoms with Gasteiger partial charge in [-0.25, -0.2) is 8.42 Å².